The van der Waals surface area contributed by atoms with Crippen molar-refractivity contribution in [2.45, 2.75) is 84.7 Å². The molecule has 1 aromatic carbocycles. The molecular formula is C20H33N. The Morgan fingerprint density at radius 1 is 1.19 bits per heavy atom. The van der Waals surface area contributed by atoms with E-state index in [4.69, 9.17) is 0 Å². The molecule has 0 saturated heterocycles. The van der Waals surface area contributed by atoms with Gasteiger partial charge in [0.15, 0.2) is 0 Å². The van der Waals surface area contributed by atoms with Crippen LogP contribution in [0, 0.1) is 5.41 Å². The van der Waals surface area contributed by atoms with E-state index in [2.05, 4.69) is 57.3 Å². The van der Waals surface area contributed by atoms with E-state index in [0.29, 0.717) is 17.5 Å². The fraction of sp³-hybridized carbons (Fsp3) is 0.700. The van der Waals surface area contributed by atoms with E-state index < -0.39 is 0 Å². The lowest BCUT2D eigenvalue weighted by atomic mass is 9.73. The van der Waals surface area contributed by atoms with Gasteiger partial charge >= 0.3 is 0 Å². The zero-order valence-electron chi connectivity index (χ0n) is 14.4. The van der Waals surface area contributed by atoms with Gasteiger partial charge in [0.05, 0.1) is 0 Å². The first-order valence-electron chi connectivity index (χ1n) is 8.88. The lowest BCUT2D eigenvalue weighted by Gasteiger charge is -2.41. The molecule has 1 aliphatic rings. The van der Waals surface area contributed by atoms with Crippen LogP contribution in [0.1, 0.15) is 83.4 Å². The maximum atomic E-state index is 3.89. The first-order valence-corrected chi connectivity index (χ1v) is 8.88. The number of unbranched alkanes of at least 4 members (excludes halogenated alkanes) is 1. The Balaban J connectivity index is 1.94. The van der Waals surface area contributed by atoms with Crippen LogP contribution in [-0.4, -0.2) is 6.04 Å². The number of rotatable bonds is 6. The molecule has 1 heteroatoms. The van der Waals surface area contributed by atoms with E-state index >= 15 is 0 Å². The standard InChI is InChI=1S/C20H33N/c1-5-6-9-17-11-13-18(14-12-17)16(2)21-19-10-7-8-15-20(19,3)4/h11-14,16,19,21H,5-10,15H2,1-4H3. The van der Waals surface area contributed by atoms with E-state index in [1.165, 1.54) is 56.1 Å². The van der Waals surface area contributed by atoms with E-state index in [1.54, 1.807) is 0 Å². The van der Waals surface area contributed by atoms with Crippen molar-refractivity contribution >= 4 is 0 Å². The monoisotopic (exact) mass is 287 g/mol. The molecule has 0 aromatic heterocycles. The molecule has 21 heavy (non-hydrogen) atoms. The highest BCUT2D eigenvalue weighted by molar-refractivity contribution is 5.25. The second kappa shape index (κ2) is 7.45. The van der Waals surface area contributed by atoms with Gasteiger partial charge in [-0.3, -0.25) is 0 Å². The number of hydrogen-bond donors (Lipinski definition) is 1. The molecule has 0 bridgehead atoms. The fourth-order valence-electron chi connectivity index (χ4n) is 3.55. The molecular weight excluding hydrogens is 254 g/mol. The van der Waals surface area contributed by atoms with Gasteiger partial charge in [0.25, 0.3) is 0 Å². The summed E-state index contributed by atoms with van der Waals surface area (Å²) >= 11 is 0. The van der Waals surface area contributed by atoms with Gasteiger partial charge in [0, 0.05) is 12.1 Å². The highest BCUT2D eigenvalue weighted by Gasteiger charge is 2.32. The second-order valence-electron chi connectivity index (χ2n) is 7.52. The summed E-state index contributed by atoms with van der Waals surface area (Å²) < 4.78 is 0. The van der Waals surface area contributed by atoms with E-state index in [-0.39, 0.29) is 0 Å². The molecule has 1 fully saturated rings. The summed E-state index contributed by atoms with van der Waals surface area (Å²) in [5.74, 6) is 0. The van der Waals surface area contributed by atoms with Crippen LogP contribution in [0.4, 0.5) is 0 Å². The molecule has 118 valence electrons. The molecule has 0 radical (unpaired) electrons. The molecule has 0 amide bonds. The van der Waals surface area contributed by atoms with Gasteiger partial charge in [0.1, 0.15) is 0 Å². The van der Waals surface area contributed by atoms with Crippen LogP contribution >= 0.6 is 0 Å². The predicted molar refractivity (Wildman–Crippen MR) is 92.6 cm³/mol. The average molecular weight is 287 g/mol. The second-order valence-corrected chi connectivity index (χ2v) is 7.52. The van der Waals surface area contributed by atoms with E-state index in [1.807, 2.05) is 0 Å². The molecule has 1 nitrogen and oxygen atoms in total. The normalized spacial score (nSPS) is 23.0. The highest BCUT2D eigenvalue weighted by atomic mass is 15.0. The first-order chi connectivity index (χ1) is 10.0. The Hall–Kier alpha value is -0.820. The molecule has 0 aliphatic heterocycles. The topological polar surface area (TPSA) is 12.0 Å². The number of aryl methyl sites for hydroxylation is 1. The Labute approximate surface area is 131 Å². The zero-order chi connectivity index (χ0) is 15.3. The van der Waals surface area contributed by atoms with Crippen molar-refractivity contribution in [3.63, 3.8) is 0 Å². The van der Waals surface area contributed by atoms with Gasteiger partial charge in [0.2, 0.25) is 0 Å². The molecule has 1 aliphatic carbocycles. The Morgan fingerprint density at radius 2 is 1.90 bits per heavy atom. The van der Waals surface area contributed by atoms with Crippen molar-refractivity contribution < 1.29 is 0 Å². The van der Waals surface area contributed by atoms with E-state index in [9.17, 15) is 0 Å². The van der Waals surface area contributed by atoms with Crippen LogP contribution in [0.3, 0.4) is 0 Å². The summed E-state index contributed by atoms with van der Waals surface area (Å²) in [6.07, 6.45) is 9.24. The van der Waals surface area contributed by atoms with Crippen molar-refractivity contribution in [3.05, 3.63) is 35.4 Å². The number of hydrogen-bond acceptors (Lipinski definition) is 1. The van der Waals surface area contributed by atoms with Crippen molar-refractivity contribution in [2.24, 2.45) is 5.41 Å². The molecule has 1 N–H and O–H groups in total. The minimum atomic E-state index is 0.438. The summed E-state index contributed by atoms with van der Waals surface area (Å²) in [5, 5.41) is 3.89. The smallest absolute Gasteiger partial charge is 0.0294 e. The molecule has 2 rings (SSSR count). The maximum Gasteiger partial charge on any atom is 0.0294 e. The van der Waals surface area contributed by atoms with Crippen molar-refractivity contribution in [1.29, 1.82) is 0 Å². The third-order valence-corrected chi connectivity index (χ3v) is 5.26. The van der Waals surface area contributed by atoms with Crippen molar-refractivity contribution in [1.82, 2.24) is 5.32 Å². The molecule has 0 spiro atoms. The molecule has 1 saturated carbocycles. The molecule has 2 atom stereocenters. The third kappa shape index (κ3) is 4.57. The van der Waals surface area contributed by atoms with Gasteiger partial charge in [-0.2, -0.15) is 0 Å². The summed E-state index contributed by atoms with van der Waals surface area (Å²) in [6.45, 7) is 9.41. The van der Waals surface area contributed by atoms with Gasteiger partial charge in [-0.25, -0.2) is 0 Å². The Kier molecular flexibility index (Phi) is 5.87. The van der Waals surface area contributed by atoms with Crippen LogP contribution in [0.5, 0.6) is 0 Å². The average Bonchev–Trinajstić information content (AvgIpc) is 2.47. The SMILES string of the molecule is CCCCc1ccc(C(C)NC2CCCCC2(C)C)cc1. The summed E-state index contributed by atoms with van der Waals surface area (Å²) in [6, 6.07) is 10.4. The zero-order valence-corrected chi connectivity index (χ0v) is 14.4. The van der Waals surface area contributed by atoms with Gasteiger partial charge in [-0.1, -0.05) is 64.3 Å². The van der Waals surface area contributed by atoms with Crippen LogP contribution in [0.2, 0.25) is 0 Å². The first kappa shape index (κ1) is 16.5. The van der Waals surface area contributed by atoms with Crippen LogP contribution in [0.25, 0.3) is 0 Å². The lowest BCUT2D eigenvalue weighted by molar-refractivity contribution is 0.157. The number of nitrogens with one attached hydrogen (secondary N) is 1. The molecule has 1 aromatic rings. The van der Waals surface area contributed by atoms with E-state index in [0.717, 1.165) is 0 Å². The quantitative estimate of drug-likeness (QED) is 0.713. The largest absolute Gasteiger partial charge is 0.307 e. The summed E-state index contributed by atoms with van der Waals surface area (Å²) in [7, 11) is 0. The minimum absolute atomic E-state index is 0.438. The Morgan fingerprint density at radius 3 is 2.52 bits per heavy atom. The minimum Gasteiger partial charge on any atom is -0.307 e. The third-order valence-electron chi connectivity index (χ3n) is 5.26. The maximum absolute atomic E-state index is 3.89. The lowest BCUT2D eigenvalue weighted by Crippen LogP contribution is -2.45. The summed E-state index contributed by atoms with van der Waals surface area (Å²) in [5.41, 5.74) is 3.34. The van der Waals surface area contributed by atoms with Gasteiger partial charge < -0.3 is 5.32 Å². The molecule has 2 unspecified atom stereocenters. The van der Waals surface area contributed by atoms with Crippen LogP contribution in [-0.2, 0) is 6.42 Å². The highest BCUT2D eigenvalue weighted by Crippen LogP contribution is 2.36. The van der Waals surface area contributed by atoms with Crippen molar-refractivity contribution in [3.8, 4) is 0 Å². The van der Waals surface area contributed by atoms with Gasteiger partial charge in [-0.05, 0) is 49.1 Å². The van der Waals surface area contributed by atoms with Crippen LogP contribution < -0.4 is 5.32 Å². The number of benzene rings is 1. The fourth-order valence-corrected chi connectivity index (χ4v) is 3.55. The molecule has 0 heterocycles. The predicted octanol–water partition coefficient (Wildman–Crippen LogP) is 5.65. The van der Waals surface area contributed by atoms with Crippen molar-refractivity contribution in [2.75, 3.05) is 0 Å². The van der Waals surface area contributed by atoms with Gasteiger partial charge in [-0.15, -0.1) is 0 Å². The summed E-state index contributed by atoms with van der Waals surface area (Å²) in [4.78, 5) is 0. The van der Waals surface area contributed by atoms with Crippen LogP contribution in [0.15, 0.2) is 24.3 Å². The Bertz CT molecular complexity index is 418.